The van der Waals surface area contributed by atoms with E-state index in [0.29, 0.717) is 29.4 Å². The Morgan fingerprint density at radius 3 is 2.34 bits per heavy atom. The van der Waals surface area contributed by atoms with Gasteiger partial charge in [0.1, 0.15) is 16.4 Å². The van der Waals surface area contributed by atoms with Gasteiger partial charge in [-0.15, -0.1) is 0 Å². The average Bonchev–Trinajstić information content (AvgIpc) is 2.74. The summed E-state index contributed by atoms with van der Waals surface area (Å²) in [6.45, 7) is 2.69. The largest absolute Gasteiger partial charge is 0.497 e. The highest BCUT2D eigenvalue weighted by Crippen LogP contribution is 2.29. The van der Waals surface area contributed by atoms with Gasteiger partial charge in [-0.25, -0.2) is 0 Å². The highest BCUT2D eigenvalue weighted by Gasteiger charge is 2.20. The van der Waals surface area contributed by atoms with Gasteiger partial charge in [-0.3, -0.25) is 0 Å². The van der Waals surface area contributed by atoms with Crippen LogP contribution in [0.4, 0.5) is 0 Å². The topological polar surface area (TPSA) is 95.5 Å². The summed E-state index contributed by atoms with van der Waals surface area (Å²) in [4.78, 5) is 2.10. The zero-order chi connectivity index (χ0) is 21.3. The number of nitrogens with zero attached hydrogens (tertiary/aromatic N) is 1. The van der Waals surface area contributed by atoms with E-state index in [2.05, 4.69) is 16.9 Å². The predicted octanol–water partition coefficient (Wildman–Crippen LogP) is 3.20. The maximum absolute atomic E-state index is 12.6. The van der Waals surface area contributed by atoms with Crippen molar-refractivity contribution in [2.45, 2.75) is 24.7 Å². The van der Waals surface area contributed by atoms with Gasteiger partial charge >= 0.3 is 0 Å². The quantitative estimate of drug-likeness (QED) is 0.339. The van der Waals surface area contributed by atoms with Crippen molar-refractivity contribution in [3.63, 3.8) is 0 Å². The molecule has 0 unspecified atom stereocenters. The minimum Gasteiger partial charge on any atom is -0.497 e. The van der Waals surface area contributed by atoms with Crippen LogP contribution in [0.1, 0.15) is 25.3 Å². The Morgan fingerprint density at radius 2 is 1.69 bits per heavy atom. The van der Waals surface area contributed by atoms with Gasteiger partial charge in [-0.05, 0) is 42.3 Å². The molecule has 29 heavy (non-hydrogen) atoms. The van der Waals surface area contributed by atoms with Crippen LogP contribution in [0.3, 0.4) is 0 Å². The van der Waals surface area contributed by atoms with Crippen LogP contribution in [0.15, 0.2) is 46.4 Å². The molecular formula is C20H26N2O6S. The number of unbranched alkanes of at least 4 members (excludes halogenated alkanes) is 1. The molecule has 0 aliphatic carbocycles. The van der Waals surface area contributed by atoms with E-state index in [1.54, 1.807) is 31.4 Å². The van der Waals surface area contributed by atoms with Crippen LogP contribution >= 0.6 is 0 Å². The van der Waals surface area contributed by atoms with Gasteiger partial charge in [0.05, 0.1) is 34.2 Å². The lowest BCUT2D eigenvalue weighted by Crippen LogP contribution is -2.19. The summed E-state index contributed by atoms with van der Waals surface area (Å²) >= 11 is 0. The summed E-state index contributed by atoms with van der Waals surface area (Å²) in [6, 6.07) is 9.72. The highest BCUT2D eigenvalue weighted by molar-refractivity contribution is 7.89. The van der Waals surface area contributed by atoms with Crippen LogP contribution < -0.4 is 23.8 Å². The van der Waals surface area contributed by atoms with Crippen molar-refractivity contribution < 1.29 is 27.4 Å². The Morgan fingerprint density at radius 1 is 0.966 bits per heavy atom. The molecule has 2 aromatic rings. The third kappa shape index (κ3) is 6.02. The number of sulfonamides is 1. The minimum atomic E-state index is -3.95. The fraction of sp³-hybridized carbons (Fsp3) is 0.350. The van der Waals surface area contributed by atoms with Gasteiger partial charge in [0.15, 0.2) is 11.5 Å². The van der Waals surface area contributed by atoms with Gasteiger partial charge in [-0.2, -0.15) is 18.4 Å². The summed E-state index contributed by atoms with van der Waals surface area (Å²) in [6.07, 6.45) is 3.36. The molecule has 0 bridgehead atoms. The lowest BCUT2D eigenvalue weighted by Gasteiger charge is -2.11. The molecule has 0 fully saturated rings. The molecular weight excluding hydrogens is 396 g/mol. The SMILES string of the molecule is CCCCOc1ccc(/C=N/NS(=O)(=O)c2cc(OC)ccc2OC)cc1OC. The molecule has 0 aliphatic rings. The summed E-state index contributed by atoms with van der Waals surface area (Å²) in [7, 11) is 0.430. The fourth-order valence-electron chi connectivity index (χ4n) is 2.42. The van der Waals surface area contributed by atoms with E-state index in [1.165, 1.54) is 32.6 Å². The normalized spacial score (nSPS) is 11.3. The Labute approximate surface area is 171 Å². The van der Waals surface area contributed by atoms with Crippen molar-refractivity contribution in [1.29, 1.82) is 0 Å². The summed E-state index contributed by atoms with van der Waals surface area (Å²) in [5.41, 5.74) is 0.644. The minimum absolute atomic E-state index is 0.0752. The molecule has 0 saturated carbocycles. The third-order valence-corrected chi connectivity index (χ3v) is 5.23. The van der Waals surface area contributed by atoms with Crippen LogP contribution in [0.25, 0.3) is 0 Å². The van der Waals surface area contributed by atoms with Gasteiger partial charge in [0, 0.05) is 6.07 Å². The maximum atomic E-state index is 12.6. The van der Waals surface area contributed by atoms with Gasteiger partial charge < -0.3 is 18.9 Å². The number of methoxy groups -OCH3 is 3. The zero-order valence-electron chi connectivity index (χ0n) is 17.0. The second-order valence-electron chi connectivity index (χ2n) is 5.98. The first-order chi connectivity index (χ1) is 13.9. The van der Waals surface area contributed by atoms with E-state index in [0.717, 1.165) is 12.8 Å². The Kier molecular flexibility index (Phi) is 8.14. The van der Waals surface area contributed by atoms with E-state index < -0.39 is 10.0 Å². The maximum Gasteiger partial charge on any atom is 0.280 e. The van der Waals surface area contributed by atoms with Crippen LogP contribution in [0, 0.1) is 0 Å². The van der Waals surface area contributed by atoms with Crippen LogP contribution in [-0.4, -0.2) is 42.6 Å². The lowest BCUT2D eigenvalue weighted by molar-refractivity contribution is 0.288. The zero-order valence-corrected chi connectivity index (χ0v) is 17.8. The van der Waals surface area contributed by atoms with Crippen molar-refractivity contribution in [2.24, 2.45) is 5.10 Å². The summed E-state index contributed by atoms with van der Waals surface area (Å²) < 4.78 is 46.4. The van der Waals surface area contributed by atoms with E-state index >= 15 is 0 Å². The van der Waals surface area contributed by atoms with Crippen LogP contribution in [0.2, 0.25) is 0 Å². The number of hydrogen-bond acceptors (Lipinski definition) is 7. The molecule has 0 aliphatic heterocycles. The van der Waals surface area contributed by atoms with Gasteiger partial charge in [0.2, 0.25) is 0 Å². The molecule has 1 N–H and O–H groups in total. The predicted molar refractivity (Wildman–Crippen MR) is 111 cm³/mol. The summed E-state index contributed by atoms with van der Waals surface area (Å²) in [5, 5.41) is 3.85. The van der Waals surface area contributed by atoms with Crippen molar-refractivity contribution in [1.82, 2.24) is 4.83 Å². The number of benzene rings is 2. The second-order valence-corrected chi connectivity index (χ2v) is 7.61. The first kappa shape index (κ1) is 22.4. The van der Waals surface area contributed by atoms with Crippen molar-refractivity contribution in [3.8, 4) is 23.0 Å². The van der Waals surface area contributed by atoms with Crippen molar-refractivity contribution in [2.75, 3.05) is 27.9 Å². The molecule has 0 atom stereocenters. The molecule has 0 spiro atoms. The van der Waals surface area contributed by atoms with E-state index in [4.69, 9.17) is 18.9 Å². The third-order valence-electron chi connectivity index (χ3n) is 3.99. The molecule has 2 aromatic carbocycles. The Bertz CT molecular complexity index is 944. The number of nitrogens with one attached hydrogen (secondary N) is 1. The lowest BCUT2D eigenvalue weighted by atomic mass is 10.2. The molecule has 158 valence electrons. The number of hydrogen-bond donors (Lipinski definition) is 1. The monoisotopic (exact) mass is 422 g/mol. The molecule has 0 aromatic heterocycles. The first-order valence-corrected chi connectivity index (χ1v) is 10.5. The smallest absolute Gasteiger partial charge is 0.280 e. The molecule has 8 nitrogen and oxygen atoms in total. The molecule has 9 heteroatoms. The van der Waals surface area contributed by atoms with Crippen LogP contribution in [-0.2, 0) is 10.0 Å². The molecule has 0 radical (unpaired) electrons. The molecule has 0 heterocycles. The number of rotatable bonds is 11. The second kappa shape index (κ2) is 10.6. The number of ether oxygens (including phenoxy) is 4. The molecule has 0 saturated heterocycles. The van der Waals surface area contributed by atoms with E-state index in [1.807, 2.05) is 0 Å². The fourth-order valence-corrected chi connectivity index (χ4v) is 3.40. The Hall–Kier alpha value is -2.94. The summed E-state index contributed by atoms with van der Waals surface area (Å²) in [5.74, 6) is 1.74. The van der Waals surface area contributed by atoms with Gasteiger partial charge in [-0.1, -0.05) is 13.3 Å². The van der Waals surface area contributed by atoms with E-state index in [-0.39, 0.29) is 10.6 Å². The number of hydrazone groups is 1. The van der Waals surface area contributed by atoms with Gasteiger partial charge in [0.25, 0.3) is 10.0 Å². The van der Waals surface area contributed by atoms with Crippen LogP contribution in [0.5, 0.6) is 23.0 Å². The highest BCUT2D eigenvalue weighted by atomic mass is 32.2. The standard InChI is InChI=1S/C20H26N2O6S/c1-5-6-11-28-17-9-7-15(12-19(17)27-4)14-21-22-29(23,24)20-13-16(25-2)8-10-18(20)26-3/h7-10,12-14,22H,5-6,11H2,1-4H3/b21-14+. The average molecular weight is 423 g/mol. The molecule has 2 rings (SSSR count). The van der Waals surface area contributed by atoms with E-state index in [9.17, 15) is 8.42 Å². The van der Waals surface area contributed by atoms with Crippen molar-refractivity contribution in [3.05, 3.63) is 42.0 Å². The Balaban J connectivity index is 2.16. The molecule has 0 amide bonds. The van der Waals surface area contributed by atoms with Crippen molar-refractivity contribution >= 4 is 16.2 Å². The first-order valence-electron chi connectivity index (χ1n) is 9.03.